The zero-order chi connectivity index (χ0) is 19.8. The first kappa shape index (κ1) is 20.0. The molecule has 1 aliphatic rings. The Kier molecular flexibility index (Phi) is 7.11. The van der Waals surface area contributed by atoms with E-state index < -0.39 is 0 Å². The summed E-state index contributed by atoms with van der Waals surface area (Å²) in [4.78, 5) is 22.3. The molecule has 0 saturated carbocycles. The molecule has 2 aromatic rings. The SMILES string of the molecule is CCOC(=O)N1CCC(NC(=NC)NCCCn2cnc3ccccc32)CC1. The molecule has 0 unspecified atom stereocenters. The number of ether oxygens (including phenoxy) is 1. The second-order valence-electron chi connectivity index (χ2n) is 6.88. The van der Waals surface area contributed by atoms with Gasteiger partial charge in [-0.3, -0.25) is 4.99 Å². The summed E-state index contributed by atoms with van der Waals surface area (Å²) >= 11 is 0. The number of nitrogens with zero attached hydrogens (tertiary/aromatic N) is 4. The molecule has 1 saturated heterocycles. The van der Waals surface area contributed by atoms with Gasteiger partial charge in [0.25, 0.3) is 0 Å². The lowest BCUT2D eigenvalue weighted by Crippen LogP contribution is -2.50. The second-order valence-corrected chi connectivity index (χ2v) is 6.88. The number of fused-ring (bicyclic) bond motifs is 1. The number of hydrogen-bond acceptors (Lipinski definition) is 4. The van der Waals surface area contributed by atoms with E-state index in [0.29, 0.717) is 25.7 Å². The molecule has 1 amide bonds. The molecule has 1 aliphatic heterocycles. The van der Waals surface area contributed by atoms with Gasteiger partial charge in [0.1, 0.15) is 0 Å². The quantitative estimate of drug-likeness (QED) is 0.452. The molecule has 0 aliphatic carbocycles. The Morgan fingerprint density at radius 3 is 2.86 bits per heavy atom. The van der Waals surface area contributed by atoms with Gasteiger partial charge in [-0.15, -0.1) is 0 Å². The lowest BCUT2D eigenvalue weighted by atomic mass is 10.1. The molecule has 8 heteroatoms. The minimum atomic E-state index is -0.213. The van der Waals surface area contributed by atoms with Gasteiger partial charge in [0.05, 0.1) is 24.0 Å². The molecule has 152 valence electrons. The van der Waals surface area contributed by atoms with Crippen LogP contribution in [-0.4, -0.2) is 65.8 Å². The number of imidazole rings is 1. The summed E-state index contributed by atoms with van der Waals surface area (Å²) in [5.41, 5.74) is 2.19. The summed E-state index contributed by atoms with van der Waals surface area (Å²) in [6.07, 6.45) is 4.44. The molecular weight excluding hydrogens is 356 g/mol. The van der Waals surface area contributed by atoms with Crippen LogP contribution in [0.25, 0.3) is 11.0 Å². The highest BCUT2D eigenvalue weighted by Gasteiger charge is 2.23. The molecular formula is C20H30N6O2. The number of aliphatic imine (C=N–C) groups is 1. The van der Waals surface area contributed by atoms with E-state index in [-0.39, 0.29) is 6.09 Å². The lowest BCUT2D eigenvalue weighted by Gasteiger charge is -2.32. The largest absolute Gasteiger partial charge is 0.450 e. The van der Waals surface area contributed by atoms with E-state index in [9.17, 15) is 4.79 Å². The molecule has 8 nitrogen and oxygen atoms in total. The third kappa shape index (κ3) is 5.15. The van der Waals surface area contributed by atoms with Gasteiger partial charge in [0.15, 0.2) is 5.96 Å². The Balaban J connectivity index is 1.38. The van der Waals surface area contributed by atoms with Crippen molar-refractivity contribution < 1.29 is 9.53 Å². The fourth-order valence-electron chi connectivity index (χ4n) is 3.45. The number of piperidine rings is 1. The molecule has 0 spiro atoms. The molecule has 1 aromatic carbocycles. The van der Waals surface area contributed by atoms with Crippen LogP contribution in [-0.2, 0) is 11.3 Å². The average molecular weight is 387 g/mol. The van der Waals surface area contributed by atoms with Gasteiger partial charge in [0, 0.05) is 39.3 Å². The number of rotatable bonds is 6. The van der Waals surface area contributed by atoms with Crippen molar-refractivity contribution in [2.24, 2.45) is 4.99 Å². The number of guanidine groups is 1. The number of carbonyl (C=O) groups excluding carboxylic acids is 1. The Morgan fingerprint density at radius 1 is 1.32 bits per heavy atom. The van der Waals surface area contributed by atoms with Crippen LogP contribution in [0.15, 0.2) is 35.6 Å². The highest BCUT2D eigenvalue weighted by Crippen LogP contribution is 2.12. The minimum Gasteiger partial charge on any atom is -0.450 e. The number of para-hydroxylation sites is 2. The monoisotopic (exact) mass is 386 g/mol. The van der Waals surface area contributed by atoms with Crippen LogP contribution in [0.4, 0.5) is 4.79 Å². The number of amides is 1. The second kappa shape index (κ2) is 9.96. The zero-order valence-electron chi connectivity index (χ0n) is 16.7. The number of aryl methyl sites for hydroxylation is 1. The zero-order valence-corrected chi connectivity index (χ0v) is 16.7. The Labute approximate surface area is 166 Å². The lowest BCUT2D eigenvalue weighted by molar-refractivity contribution is 0.0963. The Bertz CT molecular complexity index is 795. The van der Waals surface area contributed by atoms with Crippen LogP contribution < -0.4 is 10.6 Å². The highest BCUT2D eigenvalue weighted by atomic mass is 16.6. The fraction of sp³-hybridized carbons (Fsp3) is 0.550. The number of likely N-dealkylation sites (tertiary alicyclic amines) is 1. The minimum absolute atomic E-state index is 0.213. The van der Waals surface area contributed by atoms with Gasteiger partial charge in [-0.25, -0.2) is 9.78 Å². The van der Waals surface area contributed by atoms with Crippen LogP contribution in [0.1, 0.15) is 26.2 Å². The molecule has 1 aromatic heterocycles. The van der Waals surface area contributed by atoms with Gasteiger partial charge in [-0.1, -0.05) is 12.1 Å². The Morgan fingerprint density at radius 2 is 2.11 bits per heavy atom. The van der Waals surface area contributed by atoms with Crippen molar-refractivity contribution in [3.63, 3.8) is 0 Å². The molecule has 0 atom stereocenters. The maximum Gasteiger partial charge on any atom is 0.409 e. The van der Waals surface area contributed by atoms with Crippen LogP contribution >= 0.6 is 0 Å². The number of carbonyl (C=O) groups is 1. The molecule has 2 heterocycles. The topological polar surface area (TPSA) is 83.8 Å². The van der Waals surface area contributed by atoms with E-state index in [1.807, 2.05) is 31.5 Å². The summed E-state index contributed by atoms with van der Waals surface area (Å²) in [6.45, 7) is 5.40. The van der Waals surface area contributed by atoms with Crippen LogP contribution in [0.3, 0.4) is 0 Å². The van der Waals surface area contributed by atoms with Crippen molar-refractivity contribution in [2.75, 3.05) is 33.3 Å². The van der Waals surface area contributed by atoms with Gasteiger partial charge in [-0.05, 0) is 38.3 Å². The smallest absolute Gasteiger partial charge is 0.409 e. The summed E-state index contributed by atoms with van der Waals surface area (Å²) in [5, 5.41) is 6.84. The average Bonchev–Trinajstić information content (AvgIpc) is 3.14. The predicted octanol–water partition coefficient (Wildman–Crippen LogP) is 2.21. The van der Waals surface area contributed by atoms with E-state index in [1.165, 1.54) is 5.52 Å². The summed E-state index contributed by atoms with van der Waals surface area (Å²) < 4.78 is 7.24. The van der Waals surface area contributed by atoms with Crippen molar-refractivity contribution >= 4 is 23.1 Å². The van der Waals surface area contributed by atoms with Gasteiger partial charge < -0.3 is 24.8 Å². The van der Waals surface area contributed by atoms with Crippen molar-refractivity contribution in [1.82, 2.24) is 25.1 Å². The van der Waals surface area contributed by atoms with Crippen LogP contribution in [0.2, 0.25) is 0 Å². The van der Waals surface area contributed by atoms with Gasteiger partial charge in [-0.2, -0.15) is 0 Å². The van der Waals surface area contributed by atoms with Crippen LogP contribution in [0, 0.1) is 0 Å². The number of benzene rings is 1. The number of aromatic nitrogens is 2. The van der Waals surface area contributed by atoms with E-state index in [2.05, 4.69) is 31.2 Å². The van der Waals surface area contributed by atoms with Crippen LogP contribution in [0.5, 0.6) is 0 Å². The molecule has 1 fully saturated rings. The van der Waals surface area contributed by atoms with E-state index in [0.717, 1.165) is 43.8 Å². The fourth-order valence-corrected chi connectivity index (χ4v) is 3.45. The summed E-state index contributed by atoms with van der Waals surface area (Å²) in [7, 11) is 1.78. The Hall–Kier alpha value is -2.77. The van der Waals surface area contributed by atoms with E-state index in [4.69, 9.17) is 4.74 Å². The van der Waals surface area contributed by atoms with E-state index in [1.54, 1.807) is 11.9 Å². The standard InChI is InChI=1S/C20H30N6O2/c1-3-28-20(27)25-13-9-16(10-14-25)24-19(21-2)22-11-6-12-26-15-23-17-7-4-5-8-18(17)26/h4-5,7-8,15-16H,3,6,9-14H2,1-2H3,(H2,21,22,24). The number of hydrogen-bond donors (Lipinski definition) is 2. The van der Waals surface area contributed by atoms with Crippen molar-refractivity contribution in [1.29, 1.82) is 0 Å². The van der Waals surface area contributed by atoms with Crippen molar-refractivity contribution in [3.05, 3.63) is 30.6 Å². The molecule has 0 bridgehead atoms. The van der Waals surface area contributed by atoms with Gasteiger partial charge >= 0.3 is 6.09 Å². The predicted molar refractivity (Wildman–Crippen MR) is 110 cm³/mol. The molecule has 28 heavy (non-hydrogen) atoms. The normalized spacial score (nSPS) is 15.6. The van der Waals surface area contributed by atoms with Crippen molar-refractivity contribution in [2.45, 2.75) is 38.8 Å². The van der Waals surface area contributed by atoms with E-state index >= 15 is 0 Å². The summed E-state index contributed by atoms with van der Waals surface area (Å²) in [5.74, 6) is 0.810. The maximum atomic E-state index is 11.8. The number of nitrogens with one attached hydrogen (secondary N) is 2. The third-order valence-corrected chi connectivity index (χ3v) is 4.98. The third-order valence-electron chi connectivity index (χ3n) is 4.98. The van der Waals surface area contributed by atoms with Crippen molar-refractivity contribution in [3.8, 4) is 0 Å². The first-order chi connectivity index (χ1) is 13.7. The molecule has 3 rings (SSSR count). The highest BCUT2D eigenvalue weighted by molar-refractivity contribution is 5.80. The molecule has 0 radical (unpaired) electrons. The first-order valence-corrected chi connectivity index (χ1v) is 10.00. The first-order valence-electron chi connectivity index (χ1n) is 10.00. The molecule has 2 N–H and O–H groups in total. The van der Waals surface area contributed by atoms with Gasteiger partial charge in [0.2, 0.25) is 0 Å². The maximum absolute atomic E-state index is 11.8. The summed E-state index contributed by atoms with van der Waals surface area (Å²) in [6, 6.07) is 8.49.